The first-order valence-corrected chi connectivity index (χ1v) is 3.65. The molecule has 0 aliphatic carbocycles. The first-order chi connectivity index (χ1) is 7.00. The Hall–Kier alpha value is -1.86. The van der Waals surface area contributed by atoms with Gasteiger partial charge in [0.2, 0.25) is 0 Å². The molecule has 1 aromatic heterocycles. The molecule has 5 nitrogen and oxygen atoms in total. The van der Waals surface area contributed by atoms with Crippen LogP contribution in [0.5, 0.6) is 6.01 Å². The number of rotatable bonds is 4. The number of halogens is 3. The molecule has 0 amide bonds. The number of ether oxygens (including phenoxy) is 1. The summed E-state index contributed by atoms with van der Waals surface area (Å²) in [6.07, 6.45) is -4.50. The van der Waals surface area contributed by atoms with Crippen molar-refractivity contribution in [3.63, 3.8) is 0 Å². The van der Waals surface area contributed by atoms with Gasteiger partial charge < -0.3 is 9.84 Å². The van der Waals surface area contributed by atoms with Crippen LogP contribution in [0.3, 0.4) is 0 Å². The Bertz CT molecular complexity index is 344. The largest absolute Gasteiger partial charge is 0.478 e. The van der Waals surface area contributed by atoms with Crippen molar-refractivity contribution in [3.05, 3.63) is 18.0 Å². The van der Waals surface area contributed by atoms with E-state index < -0.39 is 24.8 Å². The fourth-order valence-electron chi connectivity index (χ4n) is 0.640. The van der Waals surface area contributed by atoms with Gasteiger partial charge in [0, 0.05) is 12.4 Å². The highest BCUT2D eigenvalue weighted by molar-refractivity contribution is 5.86. The second-order valence-electron chi connectivity index (χ2n) is 2.36. The summed E-state index contributed by atoms with van der Waals surface area (Å²) in [5.41, 5.74) is -0.255. The van der Waals surface area contributed by atoms with Gasteiger partial charge in [-0.1, -0.05) is 0 Å². The SMILES string of the molecule is O=C(O)c1cnc(OC(F)C(F)F)nc1. The van der Waals surface area contributed by atoms with Gasteiger partial charge in [-0.2, -0.15) is 4.39 Å². The predicted molar refractivity (Wildman–Crippen MR) is 40.5 cm³/mol. The second kappa shape index (κ2) is 4.58. The average Bonchev–Trinajstić information content (AvgIpc) is 2.18. The minimum absolute atomic E-state index is 0.255. The number of hydrogen-bond acceptors (Lipinski definition) is 4. The summed E-state index contributed by atoms with van der Waals surface area (Å²) in [6, 6.07) is -0.646. The fraction of sp³-hybridized carbons (Fsp3) is 0.286. The zero-order chi connectivity index (χ0) is 11.4. The third-order valence-corrected chi connectivity index (χ3v) is 1.29. The minimum atomic E-state index is -3.31. The van der Waals surface area contributed by atoms with E-state index in [0.717, 1.165) is 12.4 Å². The third-order valence-electron chi connectivity index (χ3n) is 1.29. The highest BCUT2D eigenvalue weighted by Gasteiger charge is 2.22. The van der Waals surface area contributed by atoms with Gasteiger partial charge in [0.25, 0.3) is 0 Å². The number of aromatic nitrogens is 2. The molecule has 0 saturated carbocycles. The number of carboxylic acid groups (broad SMARTS) is 1. The molecule has 1 aromatic rings. The molecule has 0 spiro atoms. The molecule has 1 atom stereocenters. The quantitative estimate of drug-likeness (QED) is 0.826. The lowest BCUT2D eigenvalue weighted by Crippen LogP contribution is -2.20. The summed E-state index contributed by atoms with van der Waals surface area (Å²) in [5, 5.41) is 8.43. The zero-order valence-corrected chi connectivity index (χ0v) is 7.10. The molecule has 0 fully saturated rings. The summed E-state index contributed by atoms with van der Waals surface area (Å²) >= 11 is 0. The van der Waals surface area contributed by atoms with Crippen LogP contribution < -0.4 is 4.74 Å². The van der Waals surface area contributed by atoms with Gasteiger partial charge in [0.1, 0.15) is 0 Å². The molecule has 0 saturated heterocycles. The lowest BCUT2D eigenvalue weighted by Gasteiger charge is -2.07. The van der Waals surface area contributed by atoms with Gasteiger partial charge in [-0.05, 0) is 0 Å². The van der Waals surface area contributed by atoms with E-state index in [2.05, 4.69) is 14.7 Å². The number of alkyl halides is 3. The second-order valence-corrected chi connectivity index (χ2v) is 2.36. The Balaban J connectivity index is 2.68. The van der Waals surface area contributed by atoms with Crippen molar-refractivity contribution < 1.29 is 27.8 Å². The maximum absolute atomic E-state index is 12.3. The van der Waals surface area contributed by atoms with Crippen molar-refractivity contribution in [3.8, 4) is 6.01 Å². The maximum atomic E-state index is 12.3. The highest BCUT2D eigenvalue weighted by atomic mass is 19.3. The van der Waals surface area contributed by atoms with Crippen LogP contribution in [0.4, 0.5) is 13.2 Å². The molecular formula is C7H5F3N2O3. The Kier molecular flexibility index (Phi) is 3.42. The summed E-state index contributed by atoms with van der Waals surface area (Å²) < 4.78 is 39.6. The lowest BCUT2D eigenvalue weighted by atomic mass is 10.4. The predicted octanol–water partition coefficient (Wildman–Crippen LogP) is 1.11. The molecule has 1 heterocycles. The van der Waals surface area contributed by atoms with Crippen LogP contribution in [-0.2, 0) is 0 Å². The Labute approximate surface area is 81.5 Å². The monoisotopic (exact) mass is 222 g/mol. The van der Waals surface area contributed by atoms with Crippen LogP contribution in [0, 0.1) is 0 Å². The summed E-state index contributed by atoms with van der Waals surface area (Å²) in [4.78, 5) is 16.8. The van der Waals surface area contributed by atoms with Gasteiger partial charge in [0.15, 0.2) is 0 Å². The van der Waals surface area contributed by atoms with Crippen LogP contribution in [0.1, 0.15) is 10.4 Å². The average molecular weight is 222 g/mol. The molecule has 82 valence electrons. The van der Waals surface area contributed by atoms with Gasteiger partial charge in [-0.15, -0.1) is 0 Å². The minimum Gasteiger partial charge on any atom is -0.478 e. The van der Waals surface area contributed by atoms with Gasteiger partial charge >= 0.3 is 24.8 Å². The van der Waals surface area contributed by atoms with Gasteiger partial charge in [0.05, 0.1) is 5.56 Å². The van der Waals surface area contributed by atoms with Crippen molar-refractivity contribution >= 4 is 5.97 Å². The first-order valence-electron chi connectivity index (χ1n) is 3.65. The zero-order valence-electron chi connectivity index (χ0n) is 7.10. The molecule has 1 rings (SSSR count). The normalized spacial score (nSPS) is 12.5. The molecular weight excluding hydrogens is 217 g/mol. The summed E-state index contributed by atoms with van der Waals surface area (Å²) in [7, 11) is 0. The van der Waals surface area contributed by atoms with Gasteiger partial charge in [-0.3, -0.25) is 0 Å². The van der Waals surface area contributed by atoms with Crippen LogP contribution >= 0.6 is 0 Å². The van der Waals surface area contributed by atoms with Crippen molar-refractivity contribution in [2.24, 2.45) is 0 Å². The van der Waals surface area contributed by atoms with Crippen molar-refractivity contribution in [2.45, 2.75) is 12.8 Å². The number of nitrogens with zero attached hydrogens (tertiary/aromatic N) is 2. The molecule has 1 unspecified atom stereocenters. The highest BCUT2D eigenvalue weighted by Crippen LogP contribution is 2.11. The van der Waals surface area contributed by atoms with E-state index in [4.69, 9.17) is 5.11 Å². The van der Waals surface area contributed by atoms with E-state index in [0.29, 0.717) is 0 Å². The smallest absolute Gasteiger partial charge is 0.338 e. The molecule has 8 heteroatoms. The topological polar surface area (TPSA) is 72.3 Å². The Morgan fingerprint density at radius 2 is 1.87 bits per heavy atom. The summed E-state index contributed by atoms with van der Waals surface area (Å²) in [6.45, 7) is 0. The van der Waals surface area contributed by atoms with Crippen molar-refractivity contribution in [1.29, 1.82) is 0 Å². The van der Waals surface area contributed by atoms with E-state index in [1.807, 2.05) is 0 Å². The molecule has 15 heavy (non-hydrogen) atoms. The molecule has 1 N–H and O–H groups in total. The van der Waals surface area contributed by atoms with E-state index in [1.165, 1.54) is 0 Å². The van der Waals surface area contributed by atoms with Crippen LogP contribution in [0.15, 0.2) is 12.4 Å². The number of aromatic carboxylic acids is 1. The maximum Gasteiger partial charge on any atom is 0.338 e. The molecule has 0 radical (unpaired) electrons. The standard InChI is InChI=1S/C7H5F3N2O3/c8-4(9)5(10)15-7-11-1-3(2-12-7)6(13)14/h1-2,4-5H,(H,13,14). The van der Waals surface area contributed by atoms with Crippen LogP contribution in [0.2, 0.25) is 0 Å². The summed E-state index contributed by atoms with van der Waals surface area (Å²) in [5.74, 6) is -1.28. The van der Waals surface area contributed by atoms with Crippen LogP contribution in [-0.4, -0.2) is 33.8 Å². The molecule has 0 aromatic carbocycles. The number of carboxylic acids is 1. The van der Waals surface area contributed by atoms with E-state index in [9.17, 15) is 18.0 Å². The first kappa shape index (κ1) is 11.2. The van der Waals surface area contributed by atoms with E-state index >= 15 is 0 Å². The van der Waals surface area contributed by atoms with Crippen molar-refractivity contribution in [2.75, 3.05) is 0 Å². The molecule has 0 aliphatic rings. The lowest BCUT2D eigenvalue weighted by molar-refractivity contribution is -0.0713. The van der Waals surface area contributed by atoms with E-state index in [-0.39, 0.29) is 5.56 Å². The molecule has 0 aliphatic heterocycles. The number of carbonyl (C=O) groups is 1. The van der Waals surface area contributed by atoms with E-state index in [1.54, 1.807) is 0 Å². The third kappa shape index (κ3) is 3.08. The molecule has 0 bridgehead atoms. The van der Waals surface area contributed by atoms with Gasteiger partial charge in [-0.25, -0.2) is 23.5 Å². The fourth-order valence-corrected chi connectivity index (χ4v) is 0.640. The Morgan fingerprint density at radius 3 is 2.27 bits per heavy atom. The van der Waals surface area contributed by atoms with Crippen LogP contribution in [0.25, 0.3) is 0 Å². The number of hydrogen-bond donors (Lipinski definition) is 1. The Morgan fingerprint density at radius 1 is 1.33 bits per heavy atom. The van der Waals surface area contributed by atoms with Crippen molar-refractivity contribution in [1.82, 2.24) is 9.97 Å².